The molecule has 1 amide bonds. The first-order valence-corrected chi connectivity index (χ1v) is 6.93. The topological polar surface area (TPSA) is 46.2 Å². The lowest BCUT2D eigenvalue weighted by Crippen LogP contribution is -2.05. The summed E-state index contributed by atoms with van der Waals surface area (Å²) in [5, 5.41) is 3.76. The zero-order valence-electron chi connectivity index (χ0n) is 10.7. The average molecular weight is 318 g/mol. The summed E-state index contributed by atoms with van der Waals surface area (Å²) >= 11 is 11.7. The molecule has 0 fully saturated rings. The molecule has 0 saturated carbocycles. The molecule has 3 nitrogen and oxygen atoms in total. The molecule has 5 heteroatoms. The minimum Gasteiger partial charge on any atom is -0.321 e. The second kappa shape index (κ2) is 5.35. The highest BCUT2D eigenvalue weighted by Crippen LogP contribution is 2.33. The Hall–Kier alpha value is -2.10. The maximum atomic E-state index is 12.2. The molecule has 104 valence electrons. The van der Waals surface area contributed by atoms with Crippen LogP contribution in [0.3, 0.4) is 0 Å². The number of hydrogen-bond acceptors (Lipinski definition) is 2. The lowest BCUT2D eigenvalue weighted by Gasteiger charge is -2.00. The third kappa shape index (κ3) is 2.71. The van der Waals surface area contributed by atoms with Gasteiger partial charge < -0.3 is 5.32 Å². The van der Waals surface area contributed by atoms with Crippen molar-refractivity contribution in [2.24, 2.45) is 0 Å². The van der Waals surface area contributed by atoms with Gasteiger partial charge in [-0.15, -0.1) is 0 Å². The lowest BCUT2D eigenvalue weighted by molar-refractivity contribution is -0.110. The van der Waals surface area contributed by atoms with Crippen molar-refractivity contribution in [2.45, 2.75) is 0 Å². The van der Waals surface area contributed by atoms with Crippen LogP contribution in [0, 0.1) is 0 Å². The van der Waals surface area contributed by atoms with Crippen molar-refractivity contribution >= 4 is 46.2 Å². The predicted octanol–water partition coefficient (Wildman–Crippen LogP) is 4.21. The van der Waals surface area contributed by atoms with E-state index in [-0.39, 0.29) is 11.7 Å². The number of halogens is 2. The minimum absolute atomic E-state index is 0.260. The van der Waals surface area contributed by atoms with Crippen LogP contribution in [-0.4, -0.2) is 11.7 Å². The molecule has 0 bridgehead atoms. The van der Waals surface area contributed by atoms with E-state index < -0.39 is 0 Å². The number of anilines is 1. The predicted molar refractivity (Wildman–Crippen MR) is 83.8 cm³/mol. The fourth-order valence-electron chi connectivity index (χ4n) is 2.13. The normalized spacial score (nSPS) is 15.0. The summed E-state index contributed by atoms with van der Waals surface area (Å²) in [4.78, 5) is 24.2. The average Bonchev–Trinajstić information content (AvgIpc) is 2.76. The van der Waals surface area contributed by atoms with Gasteiger partial charge in [0.05, 0.1) is 5.57 Å². The van der Waals surface area contributed by atoms with E-state index in [9.17, 15) is 9.59 Å². The number of benzene rings is 2. The molecule has 21 heavy (non-hydrogen) atoms. The van der Waals surface area contributed by atoms with E-state index in [2.05, 4.69) is 5.32 Å². The van der Waals surface area contributed by atoms with Gasteiger partial charge >= 0.3 is 0 Å². The Balaban J connectivity index is 2.00. The van der Waals surface area contributed by atoms with E-state index in [1.807, 2.05) is 0 Å². The van der Waals surface area contributed by atoms with Gasteiger partial charge in [0.15, 0.2) is 5.78 Å². The van der Waals surface area contributed by atoms with Crippen molar-refractivity contribution in [3.8, 4) is 0 Å². The van der Waals surface area contributed by atoms with Gasteiger partial charge in [0.1, 0.15) is 0 Å². The first-order valence-electron chi connectivity index (χ1n) is 6.17. The van der Waals surface area contributed by atoms with Crippen LogP contribution in [0.5, 0.6) is 0 Å². The van der Waals surface area contributed by atoms with Crippen LogP contribution in [-0.2, 0) is 4.79 Å². The highest BCUT2D eigenvalue weighted by Gasteiger charge is 2.25. The summed E-state index contributed by atoms with van der Waals surface area (Å²) < 4.78 is 0. The third-order valence-electron chi connectivity index (χ3n) is 3.17. The first kappa shape index (κ1) is 13.9. The number of rotatable bonds is 2. The molecule has 0 unspecified atom stereocenters. The number of amides is 1. The van der Waals surface area contributed by atoms with Gasteiger partial charge in [-0.3, -0.25) is 9.59 Å². The molecule has 1 heterocycles. The van der Waals surface area contributed by atoms with E-state index in [0.29, 0.717) is 32.4 Å². The maximum absolute atomic E-state index is 12.2. The SMILES string of the molecule is O=C1Nc2ccc(Cl)cc2/C1=C/C(=O)c1ccc(Cl)cc1. The number of hydrogen-bond donors (Lipinski definition) is 1. The summed E-state index contributed by atoms with van der Waals surface area (Å²) in [5.74, 6) is -0.570. The fourth-order valence-corrected chi connectivity index (χ4v) is 2.43. The molecule has 1 N–H and O–H groups in total. The Morgan fingerprint density at radius 3 is 2.38 bits per heavy atom. The first-order chi connectivity index (χ1) is 10.0. The van der Waals surface area contributed by atoms with Crippen molar-refractivity contribution in [3.63, 3.8) is 0 Å². The van der Waals surface area contributed by atoms with Gasteiger partial charge in [-0.05, 0) is 48.5 Å². The number of fused-ring (bicyclic) bond motifs is 1. The standard InChI is InChI=1S/C16H9Cl2NO2/c17-10-3-1-9(2-4-10)15(20)8-13-12-7-11(18)5-6-14(12)19-16(13)21/h1-8H,(H,19,21)/b13-8-. The number of ketones is 1. The van der Waals surface area contributed by atoms with Crippen LogP contribution in [0.25, 0.3) is 5.57 Å². The van der Waals surface area contributed by atoms with Crippen LogP contribution >= 0.6 is 23.2 Å². The smallest absolute Gasteiger partial charge is 0.256 e. The second-order valence-corrected chi connectivity index (χ2v) is 5.45. The molecule has 0 atom stereocenters. The summed E-state index contributed by atoms with van der Waals surface area (Å²) in [7, 11) is 0. The second-order valence-electron chi connectivity index (χ2n) is 4.57. The van der Waals surface area contributed by atoms with Crippen LogP contribution < -0.4 is 5.32 Å². The van der Waals surface area contributed by atoms with Crippen molar-refractivity contribution in [1.82, 2.24) is 0 Å². The fraction of sp³-hybridized carbons (Fsp3) is 0. The third-order valence-corrected chi connectivity index (χ3v) is 3.66. The molecule has 0 radical (unpaired) electrons. The monoisotopic (exact) mass is 317 g/mol. The van der Waals surface area contributed by atoms with E-state index in [1.54, 1.807) is 42.5 Å². The zero-order chi connectivity index (χ0) is 15.0. The molecule has 0 aliphatic carbocycles. The molecule has 0 spiro atoms. The zero-order valence-corrected chi connectivity index (χ0v) is 12.2. The quantitative estimate of drug-likeness (QED) is 0.666. The minimum atomic E-state index is -0.311. The molecular weight excluding hydrogens is 309 g/mol. The van der Waals surface area contributed by atoms with Crippen LogP contribution in [0.4, 0.5) is 5.69 Å². The Bertz CT molecular complexity index is 779. The Morgan fingerprint density at radius 1 is 1.00 bits per heavy atom. The van der Waals surface area contributed by atoms with Crippen molar-refractivity contribution in [2.75, 3.05) is 5.32 Å². The number of carbonyl (C=O) groups excluding carboxylic acids is 2. The van der Waals surface area contributed by atoms with E-state index >= 15 is 0 Å². The summed E-state index contributed by atoms with van der Waals surface area (Å²) in [6.45, 7) is 0. The Kier molecular flexibility index (Phi) is 3.53. The van der Waals surface area contributed by atoms with Crippen molar-refractivity contribution in [3.05, 3.63) is 69.7 Å². The lowest BCUT2D eigenvalue weighted by atomic mass is 10.0. The van der Waals surface area contributed by atoms with Gasteiger partial charge in [0.2, 0.25) is 0 Å². The van der Waals surface area contributed by atoms with Gasteiger partial charge in [-0.1, -0.05) is 23.2 Å². The number of carbonyl (C=O) groups is 2. The summed E-state index contributed by atoms with van der Waals surface area (Å²) in [6, 6.07) is 11.6. The van der Waals surface area contributed by atoms with E-state index in [0.717, 1.165) is 0 Å². The molecule has 2 aromatic rings. The Morgan fingerprint density at radius 2 is 1.67 bits per heavy atom. The molecule has 0 aromatic heterocycles. The molecule has 0 saturated heterocycles. The van der Waals surface area contributed by atoms with Gasteiger partial charge in [-0.25, -0.2) is 0 Å². The van der Waals surface area contributed by atoms with Crippen molar-refractivity contribution < 1.29 is 9.59 Å². The highest BCUT2D eigenvalue weighted by molar-refractivity contribution is 6.36. The highest BCUT2D eigenvalue weighted by atomic mass is 35.5. The van der Waals surface area contributed by atoms with E-state index in [1.165, 1.54) is 6.08 Å². The molecule has 1 aliphatic rings. The number of nitrogens with one attached hydrogen (secondary N) is 1. The maximum Gasteiger partial charge on any atom is 0.256 e. The summed E-state index contributed by atoms with van der Waals surface area (Å²) in [5.41, 5.74) is 2.07. The summed E-state index contributed by atoms with van der Waals surface area (Å²) in [6.07, 6.45) is 1.32. The van der Waals surface area contributed by atoms with Crippen LogP contribution in [0.1, 0.15) is 15.9 Å². The van der Waals surface area contributed by atoms with Crippen LogP contribution in [0.15, 0.2) is 48.5 Å². The van der Waals surface area contributed by atoms with Crippen molar-refractivity contribution in [1.29, 1.82) is 0 Å². The molecule has 3 rings (SSSR count). The largest absolute Gasteiger partial charge is 0.321 e. The van der Waals surface area contributed by atoms with Crippen LogP contribution in [0.2, 0.25) is 10.0 Å². The Labute approximate surface area is 131 Å². The van der Waals surface area contributed by atoms with Gasteiger partial charge in [-0.2, -0.15) is 0 Å². The number of allylic oxidation sites excluding steroid dienone is 1. The van der Waals surface area contributed by atoms with E-state index in [4.69, 9.17) is 23.2 Å². The molecule has 1 aliphatic heterocycles. The molecular formula is C16H9Cl2NO2. The van der Waals surface area contributed by atoms with Gasteiger partial charge in [0.25, 0.3) is 5.91 Å². The van der Waals surface area contributed by atoms with Gasteiger partial charge in [0, 0.05) is 26.9 Å². The molecule has 2 aromatic carbocycles.